The maximum atomic E-state index is 12.6. The Morgan fingerprint density at radius 2 is 2.12 bits per heavy atom. The molecule has 0 aliphatic heterocycles. The summed E-state index contributed by atoms with van der Waals surface area (Å²) in [4.78, 5) is 15.7. The standard InChI is InChI=1S/C22H27NO2S/c1-2-14-23(17-21-11-6-15-26-21)22(24)13-12-18-7-5-10-20(16-18)25-19-8-3-4-9-19/h2,5-7,10-11,15-16,19H,1,3-4,8-9,12-14,17H2. The summed E-state index contributed by atoms with van der Waals surface area (Å²) < 4.78 is 6.07. The Labute approximate surface area is 160 Å². The highest BCUT2D eigenvalue weighted by Gasteiger charge is 2.17. The second-order valence-electron chi connectivity index (χ2n) is 6.81. The number of hydrogen-bond donors (Lipinski definition) is 0. The van der Waals surface area contributed by atoms with Gasteiger partial charge in [0.25, 0.3) is 0 Å². The first-order valence-corrected chi connectivity index (χ1v) is 10.3. The van der Waals surface area contributed by atoms with Gasteiger partial charge in [-0.25, -0.2) is 0 Å². The van der Waals surface area contributed by atoms with E-state index >= 15 is 0 Å². The average molecular weight is 370 g/mol. The number of thiophene rings is 1. The zero-order valence-corrected chi connectivity index (χ0v) is 16.0. The summed E-state index contributed by atoms with van der Waals surface area (Å²) >= 11 is 1.68. The molecule has 3 nitrogen and oxygen atoms in total. The lowest BCUT2D eigenvalue weighted by Crippen LogP contribution is -2.30. The van der Waals surface area contributed by atoms with Crippen molar-refractivity contribution in [2.24, 2.45) is 0 Å². The summed E-state index contributed by atoms with van der Waals surface area (Å²) in [7, 11) is 0. The topological polar surface area (TPSA) is 29.5 Å². The SMILES string of the molecule is C=CCN(Cc1cccs1)C(=O)CCc1cccc(OC2CCCC2)c1. The number of benzene rings is 1. The minimum absolute atomic E-state index is 0.167. The van der Waals surface area contributed by atoms with E-state index in [1.807, 2.05) is 28.5 Å². The zero-order chi connectivity index (χ0) is 18.2. The molecule has 1 aromatic carbocycles. The Morgan fingerprint density at radius 1 is 1.27 bits per heavy atom. The summed E-state index contributed by atoms with van der Waals surface area (Å²) in [5.41, 5.74) is 1.16. The van der Waals surface area contributed by atoms with Crippen LogP contribution in [0.2, 0.25) is 0 Å². The fourth-order valence-corrected chi connectivity index (χ4v) is 4.10. The van der Waals surface area contributed by atoms with Crippen molar-refractivity contribution in [1.82, 2.24) is 4.90 Å². The number of carbonyl (C=O) groups excluding carboxylic acids is 1. The van der Waals surface area contributed by atoms with Crippen molar-refractivity contribution in [3.8, 4) is 5.75 Å². The van der Waals surface area contributed by atoms with Gasteiger partial charge in [-0.3, -0.25) is 4.79 Å². The van der Waals surface area contributed by atoms with Crippen LogP contribution in [0, 0.1) is 0 Å². The van der Waals surface area contributed by atoms with Gasteiger partial charge in [0.2, 0.25) is 5.91 Å². The highest BCUT2D eigenvalue weighted by Crippen LogP contribution is 2.25. The van der Waals surface area contributed by atoms with E-state index in [9.17, 15) is 4.79 Å². The number of hydrogen-bond acceptors (Lipinski definition) is 3. The normalized spacial score (nSPS) is 14.3. The first-order chi connectivity index (χ1) is 12.7. The van der Waals surface area contributed by atoms with E-state index in [0.717, 1.165) is 30.6 Å². The lowest BCUT2D eigenvalue weighted by Gasteiger charge is -2.20. The first kappa shape index (κ1) is 18.7. The molecule has 0 radical (unpaired) electrons. The summed E-state index contributed by atoms with van der Waals surface area (Å²) in [6.07, 6.45) is 8.24. The van der Waals surface area contributed by atoms with Gasteiger partial charge < -0.3 is 9.64 Å². The van der Waals surface area contributed by atoms with Gasteiger partial charge in [0.1, 0.15) is 5.75 Å². The van der Waals surface area contributed by atoms with Crippen molar-refractivity contribution < 1.29 is 9.53 Å². The Kier molecular flexibility index (Phi) is 6.89. The van der Waals surface area contributed by atoms with Crippen LogP contribution < -0.4 is 4.74 Å². The monoisotopic (exact) mass is 369 g/mol. The van der Waals surface area contributed by atoms with Crippen LogP contribution in [0.25, 0.3) is 0 Å². The van der Waals surface area contributed by atoms with Gasteiger partial charge in [0.15, 0.2) is 0 Å². The molecule has 1 saturated carbocycles. The van der Waals surface area contributed by atoms with E-state index in [2.05, 4.69) is 24.8 Å². The molecule has 1 aromatic heterocycles. The number of aryl methyl sites for hydroxylation is 1. The molecule has 1 aliphatic rings. The fraction of sp³-hybridized carbons (Fsp3) is 0.409. The molecule has 1 fully saturated rings. The average Bonchev–Trinajstić information content (AvgIpc) is 3.34. The maximum Gasteiger partial charge on any atom is 0.223 e. The molecule has 2 aromatic rings. The summed E-state index contributed by atoms with van der Waals surface area (Å²) in [5.74, 6) is 1.10. The highest BCUT2D eigenvalue weighted by molar-refractivity contribution is 7.09. The van der Waals surface area contributed by atoms with Crippen LogP contribution in [-0.4, -0.2) is 23.5 Å². The third-order valence-corrected chi connectivity index (χ3v) is 5.62. The van der Waals surface area contributed by atoms with Crippen molar-refractivity contribution >= 4 is 17.2 Å². The first-order valence-electron chi connectivity index (χ1n) is 9.41. The molecule has 1 heterocycles. The molecule has 138 valence electrons. The number of ether oxygens (including phenoxy) is 1. The second-order valence-corrected chi connectivity index (χ2v) is 7.85. The molecule has 0 spiro atoms. The van der Waals surface area contributed by atoms with Crippen LogP contribution in [0.15, 0.2) is 54.4 Å². The Morgan fingerprint density at radius 3 is 2.85 bits per heavy atom. The second kappa shape index (κ2) is 9.58. The predicted octanol–water partition coefficient (Wildman–Crippen LogP) is 5.22. The van der Waals surface area contributed by atoms with Crippen molar-refractivity contribution in [1.29, 1.82) is 0 Å². The van der Waals surface area contributed by atoms with Gasteiger partial charge in [-0.05, 0) is 61.2 Å². The lowest BCUT2D eigenvalue weighted by atomic mass is 10.1. The molecule has 4 heteroatoms. The fourth-order valence-electron chi connectivity index (χ4n) is 3.38. The Bertz CT molecular complexity index is 705. The summed E-state index contributed by atoms with van der Waals surface area (Å²) in [6.45, 7) is 5.03. The molecule has 0 atom stereocenters. The van der Waals surface area contributed by atoms with Crippen molar-refractivity contribution in [2.75, 3.05) is 6.54 Å². The van der Waals surface area contributed by atoms with Gasteiger partial charge in [-0.1, -0.05) is 24.3 Å². The summed E-state index contributed by atoms with van der Waals surface area (Å²) in [6, 6.07) is 12.3. The predicted molar refractivity (Wildman–Crippen MR) is 108 cm³/mol. The summed E-state index contributed by atoms with van der Waals surface area (Å²) in [5, 5.41) is 2.04. The van der Waals surface area contributed by atoms with Gasteiger partial charge in [0, 0.05) is 17.8 Å². The largest absolute Gasteiger partial charge is 0.490 e. The minimum atomic E-state index is 0.167. The van der Waals surface area contributed by atoms with E-state index in [1.165, 1.54) is 17.7 Å². The molecule has 0 N–H and O–H groups in total. The van der Waals surface area contributed by atoms with Crippen LogP contribution >= 0.6 is 11.3 Å². The minimum Gasteiger partial charge on any atom is -0.490 e. The quantitative estimate of drug-likeness (QED) is 0.567. The van der Waals surface area contributed by atoms with E-state index in [1.54, 1.807) is 17.4 Å². The van der Waals surface area contributed by atoms with Crippen LogP contribution in [0.4, 0.5) is 0 Å². The van der Waals surface area contributed by atoms with E-state index in [-0.39, 0.29) is 5.91 Å². The Balaban J connectivity index is 1.54. The molecule has 26 heavy (non-hydrogen) atoms. The van der Waals surface area contributed by atoms with Crippen LogP contribution in [0.1, 0.15) is 42.5 Å². The van der Waals surface area contributed by atoms with Crippen LogP contribution in [-0.2, 0) is 17.8 Å². The van der Waals surface area contributed by atoms with Gasteiger partial charge >= 0.3 is 0 Å². The molecule has 0 bridgehead atoms. The molecular formula is C22H27NO2S. The molecule has 3 rings (SSSR count). The van der Waals surface area contributed by atoms with Crippen molar-refractivity contribution in [2.45, 2.75) is 51.2 Å². The molecule has 0 saturated heterocycles. The lowest BCUT2D eigenvalue weighted by molar-refractivity contribution is -0.131. The van der Waals surface area contributed by atoms with E-state index in [0.29, 0.717) is 25.6 Å². The molecule has 1 amide bonds. The Hall–Kier alpha value is -2.07. The highest BCUT2D eigenvalue weighted by atomic mass is 32.1. The molecule has 1 aliphatic carbocycles. The van der Waals surface area contributed by atoms with E-state index < -0.39 is 0 Å². The van der Waals surface area contributed by atoms with Crippen molar-refractivity contribution in [3.05, 3.63) is 64.9 Å². The zero-order valence-electron chi connectivity index (χ0n) is 15.2. The number of carbonyl (C=O) groups is 1. The number of nitrogens with zero attached hydrogens (tertiary/aromatic N) is 1. The maximum absolute atomic E-state index is 12.6. The van der Waals surface area contributed by atoms with Gasteiger partial charge in [-0.2, -0.15) is 0 Å². The number of amides is 1. The third-order valence-electron chi connectivity index (χ3n) is 4.76. The van der Waals surface area contributed by atoms with Crippen LogP contribution in [0.5, 0.6) is 5.75 Å². The van der Waals surface area contributed by atoms with Gasteiger partial charge in [-0.15, -0.1) is 17.9 Å². The van der Waals surface area contributed by atoms with E-state index in [4.69, 9.17) is 4.74 Å². The third kappa shape index (κ3) is 5.46. The molecular weight excluding hydrogens is 342 g/mol. The number of rotatable bonds is 9. The van der Waals surface area contributed by atoms with Crippen molar-refractivity contribution in [3.63, 3.8) is 0 Å². The van der Waals surface area contributed by atoms with Gasteiger partial charge in [0.05, 0.1) is 12.6 Å². The molecule has 0 unspecified atom stereocenters. The smallest absolute Gasteiger partial charge is 0.223 e. The van der Waals surface area contributed by atoms with Crippen LogP contribution in [0.3, 0.4) is 0 Å².